The van der Waals surface area contributed by atoms with Crippen molar-refractivity contribution in [3.63, 3.8) is 0 Å². The van der Waals surface area contributed by atoms with Gasteiger partial charge in [0.05, 0.1) is 11.7 Å². The molecule has 2 fully saturated rings. The fourth-order valence-corrected chi connectivity index (χ4v) is 5.50. The van der Waals surface area contributed by atoms with Gasteiger partial charge in [-0.05, 0) is 69.6 Å². The number of nitrogens with zero attached hydrogens (tertiary/aromatic N) is 1. The van der Waals surface area contributed by atoms with Gasteiger partial charge in [0.15, 0.2) is 0 Å². The summed E-state index contributed by atoms with van der Waals surface area (Å²) in [6.45, 7) is 0.902. The van der Waals surface area contributed by atoms with E-state index in [9.17, 15) is 15.3 Å². The Kier molecular flexibility index (Phi) is 3.30. The molecule has 1 aromatic rings. The molecule has 2 aliphatic carbocycles. The summed E-state index contributed by atoms with van der Waals surface area (Å²) >= 11 is 0. The number of phenols is 1. The standard InChI is InChI=1S/C18H26N2O3/c1-19-14-9-18(23)16-7-11-3-4-12(21)8-13(11)17(18,10-15(14)22)5-6-20(16)2/h3-4,8,14-16,19,21-23H,5-7,9-10H2,1-2H3/t14-,15+,16+,17+,18+/m0/s1. The zero-order chi connectivity index (χ0) is 16.4. The zero-order valence-corrected chi connectivity index (χ0v) is 13.8. The van der Waals surface area contributed by atoms with Crippen LogP contribution in [0.3, 0.4) is 0 Å². The maximum atomic E-state index is 11.8. The Labute approximate surface area is 136 Å². The molecule has 0 aromatic heterocycles. The third kappa shape index (κ3) is 1.88. The molecule has 5 atom stereocenters. The Morgan fingerprint density at radius 2 is 2.09 bits per heavy atom. The van der Waals surface area contributed by atoms with Crippen molar-refractivity contribution in [1.82, 2.24) is 10.2 Å². The van der Waals surface area contributed by atoms with Crippen molar-refractivity contribution in [2.75, 3.05) is 20.6 Å². The Morgan fingerprint density at radius 1 is 1.30 bits per heavy atom. The highest BCUT2D eigenvalue weighted by molar-refractivity contribution is 5.48. The number of nitrogens with one attached hydrogen (secondary N) is 1. The summed E-state index contributed by atoms with van der Waals surface area (Å²) in [6.07, 6.45) is 2.18. The number of likely N-dealkylation sites (N-methyl/N-ethyl adjacent to an activating group) is 2. The van der Waals surface area contributed by atoms with E-state index in [-0.39, 0.29) is 17.8 Å². The minimum absolute atomic E-state index is 0.0524. The fourth-order valence-electron chi connectivity index (χ4n) is 5.50. The highest BCUT2D eigenvalue weighted by Gasteiger charge is 2.65. The monoisotopic (exact) mass is 318 g/mol. The Balaban J connectivity index is 1.92. The first kappa shape index (κ1) is 15.4. The zero-order valence-electron chi connectivity index (χ0n) is 13.8. The molecule has 23 heavy (non-hydrogen) atoms. The lowest BCUT2D eigenvalue weighted by molar-refractivity contribution is -0.184. The Bertz CT molecular complexity index is 637. The quantitative estimate of drug-likeness (QED) is 0.602. The molecule has 1 saturated heterocycles. The number of benzene rings is 1. The molecular weight excluding hydrogens is 292 g/mol. The van der Waals surface area contributed by atoms with Gasteiger partial charge in [0, 0.05) is 17.5 Å². The minimum atomic E-state index is -0.881. The average molecular weight is 318 g/mol. The summed E-state index contributed by atoms with van der Waals surface area (Å²) in [4.78, 5) is 2.26. The molecule has 1 aromatic carbocycles. The first-order valence-corrected chi connectivity index (χ1v) is 8.51. The van der Waals surface area contributed by atoms with Crippen LogP contribution in [0.1, 0.15) is 30.4 Å². The molecule has 2 bridgehead atoms. The van der Waals surface area contributed by atoms with E-state index in [4.69, 9.17) is 0 Å². The molecule has 0 amide bonds. The van der Waals surface area contributed by atoms with Crippen molar-refractivity contribution in [3.8, 4) is 5.75 Å². The highest BCUT2D eigenvalue weighted by atomic mass is 16.3. The SMILES string of the molecule is CN[C@H]1C[C@@]2(O)[C@H]3Cc4ccc(O)cc4[C@@]2(CCN3C)C[C@H]1O. The lowest BCUT2D eigenvalue weighted by Crippen LogP contribution is -2.75. The summed E-state index contributed by atoms with van der Waals surface area (Å²) in [6, 6.07) is 5.48. The maximum absolute atomic E-state index is 11.8. The molecule has 5 nitrogen and oxygen atoms in total. The van der Waals surface area contributed by atoms with Crippen molar-refractivity contribution in [2.24, 2.45) is 0 Å². The van der Waals surface area contributed by atoms with Crippen molar-refractivity contribution in [1.29, 1.82) is 0 Å². The van der Waals surface area contributed by atoms with Crippen molar-refractivity contribution in [2.45, 2.75) is 54.9 Å². The van der Waals surface area contributed by atoms with Crippen LogP contribution in [0.15, 0.2) is 18.2 Å². The predicted octanol–water partition coefficient (Wildman–Crippen LogP) is 0.364. The third-order valence-electron chi connectivity index (χ3n) is 6.75. The smallest absolute Gasteiger partial charge is 0.115 e. The molecule has 1 aliphatic heterocycles. The summed E-state index contributed by atoms with van der Waals surface area (Å²) in [7, 11) is 3.93. The van der Waals surface area contributed by atoms with E-state index in [1.54, 1.807) is 6.07 Å². The van der Waals surface area contributed by atoms with Crippen LogP contribution in [0.2, 0.25) is 0 Å². The lowest BCUT2D eigenvalue weighted by Gasteiger charge is -2.65. The molecular formula is C18H26N2O3. The number of aliphatic hydroxyl groups excluding tert-OH is 1. The number of piperidine rings is 1. The largest absolute Gasteiger partial charge is 0.508 e. The van der Waals surface area contributed by atoms with E-state index in [2.05, 4.69) is 17.3 Å². The normalized spacial score (nSPS) is 42.9. The number of fused-ring (bicyclic) bond motifs is 1. The number of aliphatic hydroxyl groups is 2. The Hall–Kier alpha value is -1.14. The molecule has 0 spiro atoms. The Morgan fingerprint density at radius 3 is 2.83 bits per heavy atom. The molecule has 126 valence electrons. The third-order valence-corrected chi connectivity index (χ3v) is 6.75. The topological polar surface area (TPSA) is 76.0 Å². The van der Waals surface area contributed by atoms with Crippen molar-refractivity contribution >= 4 is 0 Å². The summed E-state index contributed by atoms with van der Waals surface area (Å²) < 4.78 is 0. The van der Waals surface area contributed by atoms with E-state index in [1.165, 1.54) is 5.56 Å². The van der Waals surface area contributed by atoms with Gasteiger partial charge in [-0.1, -0.05) is 6.07 Å². The van der Waals surface area contributed by atoms with Gasteiger partial charge in [-0.25, -0.2) is 0 Å². The van der Waals surface area contributed by atoms with Crippen LogP contribution in [0.5, 0.6) is 5.75 Å². The van der Waals surface area contributed by atoms with Gasteiger partial charge >= 0.3 is 0 Å². The van der Waals surface area contributed by atoms with Gasteiger partial charge in [0.1, 0.15) is 5.75 Å². The molecule has 3 aliphatic rings. The summed E-state index contributed by atoms with van der Waals surface area (Å²) in [5.41, 5.74) is 0.883. The summed E-state index contributed by atoms with van der Waals surface area (Å²) in [5.74, 6) is 0.239. The van der Waals surface area contributed by atoms with Gasteiger partial charge in [-0.2, -0.15) is 0 Å². The second kappa shape index (κ2) is 4.93. The van der Waals surface area contributed by atoms with Crippen LogP contribution in [-0.2, 0) is 11.8 Å². The molecule has 0 radical (unpaired) electrons. The molecule has 1 saturated carbocycles. The van der Waals surface area contributed by atoms with E-state index >= 15 is 0 Å². The second-order valence-corrected chi connectivity index (χ2v) is 7.67. The van der Waals surface area contributed by atoms with Gasteiger partial charge in [-0.15, -0.1) is 0 Å². The number of phenolic OH excluding ortho intramolecular Hbond substituents is 1. The van der Waals surface area contributed by atoms with Gasteiger partial charge in [-0.3, -0.25) is 0 Å². The second-order valence-electron chi connectivity index (χ2n) is 7.67. The fraction of sp³-hybridized carbons (Fsp3) is 0.667. The van der Waals surface area contributed by atoms with E-state index < -0.39 is 17.1 Å². The lowest BCUT2D eigenvalue weighted by atomic mass is 9.48. The number of rotatable bonds is 1. The van der Waals surface area contributed by atoms with Crippen molar-refractivity contribution < 1.29 is 15.3 Å². The first-order chi connectivity index (χ1) is 10.9. The van der Waals surface area contributed by atoms with Crippen LogP contribution in [0, 0.1) is 0 Å². The van der Waals surface area contributed by atoms with Crippen LogP contribution < -0.4 is 5.32 Å². The molecule has 4 N–H and O–H groups in total. The molecule has 1 heterocycles. The average Bonchev–Trinajstić information content (AvgIpc) is 2.52. The molecule has 4 rings (SSSR count). The molecule has 0 unspecified atom stereocenters. The van der Waals surface area contributed by atoms with E-state index in [1.807, 2.05) is 19.2 Å². The van der Waals surface area contributed by atoms with Crippen LogP contribution in [-0.4, -0.2) is 64.6 Å². The first-order valence-electron chi connectivity index (χ1n) is 8.51. The minimum Gasteiger partial charge on any atom is -0.508 e. The number of likely N-dealkylation sites (tertiary alicyclic amines) is 1. The highest BCUT2D eigenvalue weighted by Crippen LogP contribution is 2.58. The predicted molar refractivity (Wildman–Crippen MR) is 87.6 cm³/mol. The van der Waals surface area contributed by atoms with Crippen LogP contribution in [0.4, 0.5) is 0 Å². The van der Waals surface area contributed by atoms with E-state index in [0.717, 1.165) is 24.9 Å². The van der Waals surface area contributed by atoms with E-state index in [0.29, 0.717) is 12.8 Å². The van der Waals surface area contributed by atoms with Gasteiger partial charge in [0.2, 0.25) is 0 Å². The van der Waals surface area contributed by atoms with Gasteiger partial charge < -0.3 is 25.5 Å². The van der Waals surface area contributed by atoms with Crippen molar-refractivity contribution in [3.05, 3.63) is 29.3 Å². The number of hydrogen-bond donors (Lipinski definition) is 4. The summed E-state index contributed by atoms with van der Waals surface area (Å²) in [5, 5.41) is 35.6. The van der Waals surface area contributed by atoms with Gasteiger partial charge in [0.25, 0.3) is 0 Å². The van der Waals surface area contributed by atoms with Crippen LogP contribution >= 0.6 is 0 Å². The maximum Gasteiger partial charge on any atom is 0.115 e. The molecule has 5 heteroatoms. The number of aromatic hydroxyl groups is 1. The number of hydrogen-bond acceptors (Lipinski definition) is 5. The van der Waals surface area contributed by atoms with Crippen LogP contribution in [0.25, 0.3) is 0 Å².